The highest BCUT2D eigenvalue weighted by Gasteiger charge is 2.13. The minimum atomic E-state index is 0.264. The van der Waals surface area contributed by atoms with Crippen LogP contribution in [0.5, 0.6) is 11.7 Å². The van der Waals surface area contributed by atoms with Gasteiger partial charge < -0.3 is 15.0 Å². The summed E-state index contributed by atoms with van der Waals surface area (Å²) < 4.78 is 11.4. The number of nitrogens with zero attached hydrogens (tertiary/aromatic N) is 2. The minimum absolute atomic E-state index is 0.264. The zero-order chi connectivity index (χ0) is 20.1. The topological polar surface area (TPSA) is 85.1 Å². The van der Waals surface area contributed by atoms with Crippen molar-refractivity contribution in [3.8, 4) is 40.1 Å². The van der Waals surface area contributed by atoms with Crippen molar-refractivity contribution >= 4 is 0 Å². The van der Waals surface area contributed by atoms with E-state index in [2.05, 4.69) is 11.2 Å². The number of nitrogens with two attached hydrogens (primary N) is 1. The molecular formula is C24H19N3O2. The molecular weight excluding hydrogens is 362 g/mol. The second-order valence-electron chi connectivity index (χ2n) is 6.56. The molecule has 0 aliphatic rings. The summed E-state index contributed by atoms with van der Waals surface area (Å²) in [5, 5.41) is 13.4. The third-order valence-electron chi connectivity index (χ3n) is 4.58. The lowest BCUT2D eigenvalue weighted by Gasteiger charge is -2.10. The van der Waals surface area contributed by atoms with Gasteiger partial charge in [-0.15, -0.1) is 0 Å². The number of hydrogen-bond acceptors (Lipinski definition) is 5. The maximum absolute atomic E-state index is 9.28. The van der Waals surface area contributed by atoms with Crippen molar-refractivity contribution in [2.45, 2.75) is 6.42 Å². The summed E-state index contributed by atoms with van der Waals surface area (Å²) >= 11 is 0. The molecule has 0 unspecified atom stereocenters. The highest BCUT2D eigenvalue weighted by Crippen LogP contribution is 2.35. The maximum atomic E-state index is 9.28. The van der Waals surface area contributed by atoms with Crippen molar-refractivity contribution in [3.63, 3.8) is 0 Å². The first-order chi connectivity index (χ1) is 14.3. The van der Waals surface area contributed by atoms with E-state index < -0.39 is 0 Å². The molecule has 0 saturated carbocycles. The first kappa shape index (κ1) is 18.5. The monoisotopic (exact) mass is 381 g/mol. The molecule has 1 heterocycles. The predicted molar refractivity (Wildman–Crippen MR) is 111 cm³/mol. The highest BCUT2D eigenvalue weighted by atomic mass is 16.6. The Balaban J connectivity index is 1.66. The molecule has 0 aliphatic carbocycles. The van der Waals surface area contributed by atoms with Crippen molar-refractivity contribution in [2.24, 2.45) is 5.73 Å². The van der Waals surface area contributed by atoms with Crippen LogP contribution >= 0.6 is 0 Å². The van der Waals surface area contributed by atoms with Gasteiger partial charge in [-0.1, -0.05) is 59.8 Å². The van der Waals surface area contributed by atoms with Crippen molar-refractivity contribution in [1.82, 2.24) is 5.16 Å². The Labute approximate surface area is 169 Å². The van der Waals surface area contributed by atoms with Gasteiger partial charge in [-0.2, -0.15) is 5.26 Å². The molecule has 142 valence electrons. The standard InChI is InChI=1S/C24H19N3O2/c25-13-12-17-6-9-19(10-7-17)21-11-8-18(16-26)14-23(21)28-24-15-22(27-29-24)20-4-2-1-3-5-20/h1-11,14-15H,12-13,25H2. The summed E-state index contributed by atoms with van der Waals surface area (Å²) in [5.41, 5.74) is 10.8. The van der Waals surface area contributed by atoms with E-state index in [4.69, 9.17) is 15.0 Å². The summed E-state index contributed by atoms with van der Waals surface area (Å²) in [5.74, 6) is 0.798. The van der Waals surface area contributed by atoms with E-state index in [0.717, 1.165) is 23.1 Å². The van der Waals surface area contributed by atoms with Gasteiger partial charge >= 0.3 is 5.95 Å². The third kappa shape index (κ3) is 4.18. The number of rotatable bonds is 6. The van der Waals surface area contributed by atoms with Gasteiger partial charge in [0.1, 0.15) is 11.4 Å². The maximum Gasteiger partial charge on any atom is 0.317 e. The van der Waals surface area contributed by atoms with Crippen LogP contribution < -0.4 is 10.5 Å². The van der Waals surface area contributed by atoms with Gasteiger partial charge in [-0.3, -0.25) is 0 Å². The summed E-state index contributed by atoms with van der Waals surface area (Å²) in [7, 11) is 0. The van der Waals surface area contributed by atoms with Gasteiger partial charge in [-0.25, -0.2) is 0 Å². The normalized spacial score (nSPS) is 10.5. The van der Waals surface area contributed by atoms with Gasteiger partial charge in [-0.05, 0) is 42.3 Å². The van der Waals surface area contributed by atoms with E-state index in [0.29, 0.717) is 23.6 Å². The number of hydrogen-bond donors (Lipinski definition) is 1. The molecule has 0 aliphatic heterocycles. The Kier molecular flexibility index (Phi) is 5.37. The first-order valence-corrected chi connectivity index (χ1v) is 9.30. The fourth-order valence-corrected chi connectivity index (χ4v) is 3.09. The lowest BCUT2D eigenvalue weighted by atomic mass is 10.0. The number of ether oxygens (including phenoxy) is 1. The lowest BCUT2D eigenvalue weighted by Crippen LogP contribution is -2.02. The Bertz CT molecular complexity index is 1140. The Morgan fingerprint density at radius 1 is 0.931 bits per heavy atom. The fourth-order valence-electron chi connectivity index (χ4n) is 3.09. The average Bonchev–Trinajstić information content (AvgIpc) is 3.24. The molecule has 2 N–H and O–H groups in total. The molecule has 0 amide bonds. The van der Waals surface area contributed by atoms with E-state index in [1.165, 1.54) is 5.56 Å². The molecule has 0 saturated heterocycles. The van der Waals surface area contributed by atoms with Crippen molar-refractivity contribution in [2.75, 3.05) is 6.54 Å². The van der Waals surface area contributed by atoms with Crippen LogP contribution in [0.4, 0.5) is 0 Å². The number of benzene rings is 3. The lowest BCUT2D eigenvalue weighted by molar-refractivity contribution is 0.291. The van der Waals surface area contributed by atoms with Gasteiger partial charge in [0.25, 0.3) is 0 Å². The molecule has 5 heteroatoms. The molecule has 0 radical (unpaired) electrons. The van der Waals surface area contributed by atoms with Crippen LogP contribution in [0.3, 0.4) is 0 Å². The zero-order valence-electron chi connectivity index (χ0n) is 15.7. The fraction of sp³-hybridized carbons (Fsp3) is 0.0833. The molecule has 0 fully saturated rings. The number of aromatic nitrogens is 1. The summed E-state index contributed by atoms with van der Waals surface area (Å²) in [6.07, 6.45) is 0.831. The van der Waals surface area contributed by atoms with E-state index in [9.17, 15) is 5.26 Å². The quantitative estimate of drug-likeness (QED) is 0.498. The van der Waals surface area contributed by atoms with Gasteiger partial charge in [0, 0.05) is 11.1 Å². The molecule has 5 nitrogen and oxygen atoms in total. The molecule has 0 spiro atoms. The molecule has 29 heavy (non-hydrogen) atoms. The smallest absolute Gasteiger partial charge is 0.317 e. The van der Waals surface area contributed by atoms with Gasteiger partial charge in [0.05, 0.1) is 17.7 Å². The highest BCUT2D eigenvalue weighted by molar-refractivity contribution is 5.72. The Morgan fingerprint density at radius 3 is 2.45 bits per heavy atom. The van der Waals surface area contributed by atoms with E-state index >= 15 is 0 Å². The Morgan fingerprint density at radius 2 is 1.72 bits per heavy atom. The van der Waals surface area contributed by atoms with Crippen LogP contribution in [-0.2, 0) is 6.42 Å². The Hall–Kier alpha value is -3.88. The first-order valence-electron chi connectivity index (χ1n) is 9.30. The van der Waals surface area contributed by atoms with E-state index in [1.54, 1.807) is 18.2 Å². The molecule has 0 atom stereocenters. The van der Waals surface area contributed by atoms with Crippen LogP contribution in [0.15, 0.2) is 83.4 Å². The van der Waals surface area contributed by atoms with Crippen LogP contribution in [0.1, 0.15) is 11.1 Å². The average molecular weight is 381 g/mol. The van der Waals surface area contributed by atoms with Crippen LogP contribution in [0, 0.1) is 11.3 Å². The SMILES string of the molecule is N#Cc1ccc(-c2ccc(CCN)cc2)c(Oc2cc(-c3ccccc3)no2)c1. The van der Waals surface area contributed by atoms with Gasteiger partial charge in [0.2, 0.25) is 0 Å². The van der Waals surface area contributed by atoms with E-state index in [-0.39, 0.29) is 5.95 Å². The largest absolute Gasteiger partial charge is 0.424 e. The second-order valence-corrected chi connectivity index (χ2v) is 6.56. The molecule has 4 aromatic rings. The number of nitriles is 1. The summed E-state index contributed by atoms with van der Waals surface area (Å²) in [6.45, 7) is 0.611. The van der Waals surface area contributed by atoms with Crippen LogP contribution in [-0.4, -0.2) is 11.7 Å². The predicted octanol–water partition coefficient (Wildman–Crippen LogP) is 5.17. The molecule has 4 rings (SSSR count). The second kappa shape index (κ2) is 8.42. The summed E-state index contributed by atoms with van der Waals surface area (Å²) in [6, 6.07) is 27.1. The van der Waals surface area contributed by atoms with Crippen molar-refractivity contribution < 1.29 is 9.26 Å². The van der Waals surface area contributed by atoms with Crippen molar-refractivity contribution in [3.05, 3.63) is 90.0 Å². The molecule has 1 aromatic heterocycles. The molecule has 0 bridgehead atoms. The summed E-state index contributed by atoms with van der Waals surface area (Å²) in [4.78, 5) is 0. The third-order valence-corrected chi connectivity index (χ3v) is 4.58. The zero-order valence-corrected chi connectivity index (χ0v) is 15.7. The minimum Gasteiger partial charge on any atom is -0.424 e. The molecule has 3 aromatic carbocycles. The van der Waals surface area contributed by atoms with Crippen LogP contribution in [0.25, 0.3) is 22.4 Å². The van der Waals surface area contributed by atoms with Gasteiger partial charge in [0.15, 0.2) is 0 Å². The van der Waals surface area contributed by atoms with E-state index in [1.807, 2.05) is 60.7 Å². The van der Waals surface area contributed by atoms with Crippen LogP contribution in [0.2, 0.25) is 0 Å². The van der Waals surface area contributed by atoms with Crippen molar-refractivity contribution in [1.29, 1.82) is 5.26 Å².